The lowest BCUT2D eigenvalue weighted by atomic mass is 10.2. The van der Waals surface area contributed by atoms with Gasteiger partial charge in [-0.05, 0) is 24.3 Å². The Morgan fingerprint density at radius 3 is 2.47 bits per heavy atom. The number of rotatable bonds is 6. The molecule has 0 aliphatic rings. The Morgan fingerprint density at radius 1 is 1.27 bits per heavy atom. The van der Waals surface area contributed by atoms with Gasteiger partial charge in [0.1, 0.15) is 12.0 Å². The Labute approximate surface area is 90.7 Å². The third-order valence-corrected chi connectivity index (χ3v) is 2.11. The zero-order valence-electron chi connectivity index (χ0n) is 9.32. The van der Waals surface area contributed by atoms with E-state index in [2.05, 4.69) is 14.1 Å². The molecule has 3 heteroatoms. The Bertz CT molecular complexity index is 293. The molecular weight excluding hydrogens is 190 g/mol. The highest BCUT2D eigenvalue weighted by Gasteiger charge is 1.96. The quantitative estimate of drug-likeness (QED) is 0.542. The topological polar surface area (TPSA) is 30.7 Å². The molecule has 0 radical (unpaired) electrons. The first-order valence-corrected chi connectivity index (χ1v) is 5.19. The van der Waals surface area contributed by atoms with Crippen LogP contribution in [0.1, 0.15) is 16.8 Å². The van der Waals surface area contributed by atoms with Crippen molar-refractivity contribution in [1.82, 2.24) is 0 Å². The number of hydrogen-bond donors (Lipinski definition) is 1. The zero-order chi connectivity index (χ0) is 11.1. The molecule has 0 aromatic heterocycles. The van der Waals surface area contributed by atoms with Gasteiger partial charge >= 0.3 is 0 Å². The zero-order valence-corrected chi connectivity index (χ0v) is 9.32. The maximum atomic E-state index is 10.4. The SMILES string of the molecule is C[NH+](C)CCCOc1ccc(C=O)cc1. The fourth-order valence-corrected chi connectivity index (χ4v) is 1.26. The molecule has 1 aromatic carbocycles. The number of carbonyl (C=O) groups excluding carboxylic acids is 1. The Balaban J connectivity index is 2.28. The van der Waals surface area contributed by atoms with Gasteiger partial charge in [0.25, 0.3) is 0 Å². The molecule has 82 valence electrons. The number of ether oxygens (including phenoxy) is 1. The smallest absolute Gasteiger partial charge is 0.150 e. The Kier molecular flexibility index (Phi) is 4.84. The van der Waals surface area contributed by atoms with Gasteiger partial charge in [-0.1, -0.05) is 0 Å². The highest BCUT2D eigenvalue weighted by Crippen LogP contribution is 2.10. The molecule has 0 spiro atoms. The van der Waals surface area contributed by atoms with E-state index in [4.69, 9.17) is 4.74 Å². The maximum Gasteiger partial charge on any atom is 0.150 e. The summed E-state index contributed by atoms with van der Waals surface area (Å²) in [4.78, 5) is 11.8. The van der Waals surface area contributed by atoms with E-state index in [1.54, 1.807) is 12.1 Å². The molecule has 0 atom stereocenters. The van der Waals surface area contributed by atoms with Gasteiger partial charge in [-0.2, -0.15) is 0 Å². The number of aldehydes is 1. The lowest BCUT2D eigenvalue weighted by Crippen LogP contribution is -3.05. The van der Waals surface area contributed by atoms with Crippen molar-refractivity contribution in [3.63, 3.8) is 0 Å². The fraction of sp³-hybridized carbons (Fsp3) is 0.417. The Hall–Kier alpha value is -1.35. The third-order valence-electron chi connectivity index (χ3n) is 2.11. The van der Waals surface area contributed by atoms with E-state index in [0.29, 0.717) is 5.56 Å². The van der Waals surface area contributed by atoms with Crippen LogP contribution >= 0.6 is 0 Å². The average molecular weight is 208 g/mol. The van der Waals surface area contributed by atoms with Crippen molar-refractivity contribution in [3.05, 3.63) is 29.8 Å². The summed E-state index contributed by atoms with van der Waals surface area (Å²) in [6.45, 7) is 1.83. The van der Waals surface area contributed by atoms with E-state index in [0.717, 1.165) is 31.6 Å². The van der Waals surface area contributed by atoms with E-state index < -0.39 is 0 Å². The predicted octanol–water partition coefficient (Wildman–Crippen LogP) is 0.413. The minimum atomic E-state index is 0.681. The van der Waals surface area contributed by atoms with Crippen LogP contribution in [0.5, 0.6) is 5.75 Å². The van der Waals surface area contributed by atoms with E-state index in [1.165, 1.54) is 4.90 Å². The maximum absolute atomic E-state index is 10.4. The van der Waals surface area contributed by atoms with Crippen molar-refractivity contribution in [2.24, 2.45) is 0 Å². The molecule has 1 N–H and O–H groups in total. The molecule has 0 unspecified atom stereocenters. The van der Waals surface area contributed by atoms with E-state index in [9.17, 15) is 4.79 Å². The van der Waals surface area contributed by atoms with E-state index in [1.807, 2.05) is 12.1 Å². The van der Waals surface area contributed by atoms with Crippen LogP contribution in [-0.2, 0) is 0 Å². The predicted molar refractivity (Wildman–Crippen MR) is 59.6 cm³/mol. The summed E-state index contributed by atoms with van der Waals surface area (Å²) in [5.41, 5.74) is 0.681. The first-order valence-electron chi connectivity index (χ1n) is 5.19. The van der Waals surface area contributed by atoms with Crippen molar-refractivity contribution in [1.29, 1.82) is 0 Å². The number of quaternary nitrogens is 1. The molecule has 0 fully saturated rings. The van der Waals surface area contributed by atoms with Crippen LogP contribution < -0.4 is 9.64 Å². The molecule has 0 amide bonds. The molecule has 1 rings (SSSR count). The van der Waals surface area contributed by atoms with Crippen molar-refractivity contribution >= 4 is 6.29 Å². The van der Waals surface area contributed by atoms with Crippen LogP contribution in [0.3, 0.4) is 0 Å². The minimum absolute atomic E-state index is 0.681. The first kappa shape index (κ1) is 11.7. The first-order chi connectivity index (χ1) is 7.22. The molecule has 0 saturated heterocycles. The summed E-state index contributed by atoms with van der Waals surface area (Å²) in [5.74, 6) is 0.828. The molecule has 0 saturated carbocycles. The van der Waals surface area contributed by atoms with Crippen LogP contribution in [0.2, 0.25) is 0 Å². The van der Waals surface area contributed by atoms with Gasteiger partial charge in [-0.3, -0.25) is 4.79 Å². The van der Waals surface area contributed by atoms with Crippen molar-refractivity contribution < 1.29 is 14.4 Å². The molecule has 3 nitrogen and oxygen atoms in total. The normalized spacial score (nSPS) is 10.3. The summed E-state index contributed by atoms with van der Waals surface area (Å²) in [6, 6.07) is 7.18. The summed E-state index contributed by atoms with van der Waals surface area (Å²) >= 11 is 0. The lowest BCUT2D eigenvalue weighted by Gasteiger charge is -2.08. The van der Waals surface area contributed by atoms with Crippen molar-refractivity contribution in [3.8, 4) is 5.75 Å². The number of carbonyl (C=O) groups is 1. The lowest BCUT2D eigenvalue weighted by molar-refractivity contribution is -0.858. The van der Waals surface area contributed by atoms with Gasteiger partial charge in [0.2, 0.25) is 0 Å². The molecule has 15 heavy (non-hydrogen) atoms. The molecule has 0 heterocycles. The highest BCUT2D eigenvalue weighted by atomic mass is 16.5. The van der Waals surface area contributed by atoms with Gasteiger partial charge in [0, 0.05) is 12.0 Å². The summed E-state index contributed by atoms with van der Waals surface area (Å²) in [5, 5.41) is 0. The Morgan fingerprint density at radius 2 is 1.93 bits per heavy atom. The van der Waals surface area contributed by atoms with Gasteiger partial charge in [0.05, 0.1) is 27.2 Å². The molecule has 0 bridgehead atoms. The second-order valence-corrected chi connectivity index (χ2v) is 3.85. The van der Waals surface area contributed by atoms with Gasteiger partial charge in [0.15, 0.2) is 0 Å². The van der Waals surface area contributed by atoms with Gasteiger partial charge < -0.3 is 9.64 Å². The average Bonchev–Trinajstić information content (AvgIpc) is 2.25. The monoisotopic (exact) mass is 208 g/mol. The van der Waals surface area contributed by atoms with Gasteiger partial charge in [-0.25, -0.2) is 0 Å². The third kappa shape index (κ3) is 4.61. The van der Waals surface area contributed by atoms with Crippen LogP contribution in [0.4, 0.5) is 0 Å². The number of hydrogen-bond acceptors (Lipinski definition) is 2. The molecule has 1 aromatic rings. The molecule has 0 aliphatic carbocycles. The van der Waals surface area contributed by atoms with Crippen LogP contribution in [0.15, 0.2) is 24.3 Å². The standard InChI is InChI=1S/C12H17NO2/c1-13(2)8-3-9-15-12-6-4-11(10-14)5-7-12/h4-7,10H,3,8-9H2,1-2H3/p+1. The highest BCUT2D eigenvalue weighted by molar-refractivity contribution is 5.74. The fourth-order valence-electron chi connectivity index (χ4n) is 1.26. The van der Waals surface area contributed by atoms with E-state index >= 15 is 0 Å². The number of nitrogens with one attached hydrogen (secondary N) is 1. The minimum Gasteiger partial charge on any atom is -0.493 e. The van der Waals surface area contributed by atoms with Gasteiger partial charge in [-0.15, -0.1) is 0 Å². The second kappa shape index (κ2) is 6.19. The summed E-state index contributed by atoms with van der Waals surface area (Å²) in [7, 11) is 4.25. The van der Waals surface area contributed by atoms with Crippen molar-refractivity contribution in [2.45, 2.75) is 6.42 Å². The van der Waals surface area contributed by atoms with Crippen LogP contribution in [-0.4, -0.2) is 33.5 Å². The summed E-state index contributed by atoms with van der Waals surface area (Å²) in [6.07, 6.45) is 1.87. The van der Waals surface area contributed by atoms with E-state index in [-0.39, 0.29) is 0 Å². The number of benzene rings is 1. The molecule has 0 aliphatic heterocycles. The van der Waals surface area contributed by atoms with Crippen LogP contribution in [0, 0.1) is 0 Å². The second-order valence-electron chi connectivity index (χ2n) is 3.85. The summed E-state index contributed by atoms with van der Waals surface area (Å²) < 4.78 is 5.53. The molecular formula is C12H18NO2+. The van der Waals surface area contributed by atoms with Crippen LogP contribution in [0.25, 0.3) is 0 Å². The largest absolute Gasteiger partial charge is 0.493 e. The van der Waals surface area contributed by atoms with Crippen molar-refractivity contribution in [2.75, 3.05) is 27.2 Å².